The van der Waals surface area contributed by atoms with Gasteiger partial charge < -0.3 is 9.88 Å². The summed E-state index contributed by atoms with van der Waals surface area (Å²) >= 11 is 0. The van der Waals surface area contributed by atoms with Crippen molar-refractivity contribution in [1.29, 1.82) is 0 Å². The van der Waals surface area contributed by atoms with Crippen molar-refractivity contribution in [3.8, 4) is 0 Å². The Bertz CT molecular complexity index is 622. The number of aromatic nitrogens is 3. The molecule has 0 saturated carbocycles. The molecular weight excluding hydrogens is 240 g/mol. The molecule has 1 aliphatic heterocycles. The molecule has 5 nitrogen and oxygen atoms in total. The van der Waals surface area contributed by atoms with E-state index in [0.717, 1.165) is 31.7 Å². The average Bonchev–Trinajstić information content (AvgIpc) is 2.81. The number of nitrogens with zero attached hydrogens (tertiary/aromatic N) is 3. The van der Waals surface area contributed by atoms with E-state index < -0.39 is 0 Å². The second kappa shape index (κ2) is 5.17. The molecule has 1 unspecified atom stereocenters. The smallest absolute Gasteiger partial charge is 0.276 e. The zero-order valence-corrected chi connectivity index (χ0v) is 11.3. The first-order chi connectivity index (χ1) is 9.24. The van der Waals surface area contributed by atoms with Gasteiger partial charge in [0.15, 0.2) is 0 Å². The maximum absolute atomic E-state index is 12.3. The van der Waals surface area contributed by atoms with Crippen molar-refractivity contribution in [2.45, 2.75) is 32.7 Å². The molecule has 1 N–H and O–H groups in total. The minimum absolute atomic E-state index is 0.0619. The SMILES string of the molecule is Cc1cc2c(=O)n(CCC3CCCNC3)ccn2n1. The number of hydrogen-bond acceptors (Lipinski definition) is 3. The van der Waals surface area contributed by atoms with Gasteiger partial charge in [0.2, 0.25) is 0 Å². The molecule has 0 radical (unpaired) electrons. The van der Waals surface area contributed by atoms with E-state index in [0.29, 0.717) is 11.4 Å². The van der Waals surface area contributed by atoms with Gasteiger partial charge in [-0.3, -0.25) is 4.79 Å². The van der Waals surface area contributed by atoms with E-state index in [1.165, 1.54) is 12.8 Å². The van der Waals surface area contributed by atoms with Crippen LogP contribution in [0.3, 0.4) is 0 Å². The van der Waals surface area contributed by atoms with E-state index in [9.17, 15) is 4.79 Å². The van der Waals surface area contributed by atoms with E-state index in [1.807, 2.05) is 30.0 Å². The monoisotopic (exact) mass is 260 g/mol. The molecule has 1 atom stereocenters. The summed E-state index contributed by atoms with van der Waals surface area (Å²) in [4.78, 5) is 12.3. The number of piperidine rings is 1. The van der Waals surface area contributed by atoms with E-state index in [-0.39, 0.29) is 5.56 Å². The maximum Gasteiger partial charge on any atom is 0.276 e. The van der Waals surface area contributed by atoms with Gasteiger partial charge in [-0.25, -0.2) is 4.52 Å². The molecular formula is C14H20N4O. The molecule has 2 aromatic rings. The van der Waals surface area contributed by atoms with Crippen molar-refractivity contribution >= 4 is 5.52 Å². The van der Waals surface area contributed by atoms with Crippen molar-refractivity contribution in [2.24, 2.45) is 5.92 Å². The van der Waals surface area contributed by atoms with Crippen molar-refractivity contribution in [3.05, 3.63) is 34.5 Å². The molecule has 0 aliphatic carbocycles. The maximum atomic E-state index is 12.3. The van der Waals surface area contributed by atoms with Crippen molar-refractivity contribution < 1.29 is 0 Å². The number of rotatable bonds is 3. The summed E-state index contributed by atoms with van der Waals surface area (Å²) in [6.45, 7) is 4.93. The quantitative estimate of drug-likeness (QED) is 0.902. The molecule has 3 rings (SSSR count). The highest BCUT2D eigenvalue weighted by Crippen LogP contribution is 2.14. The number of fused-ring (bicyclic) bond motifs is 1. The molecule has 102 valence electrons. The van der Waals surface area contributed by atoms with Crippen LogP contribution in [0.4, 0.5) is 0 Å². The molecule has 1 aliphatic rings. The van der Waals surface area contributed by atoms with Gasteiger partial charge in [-0.1, -0.05) is 0 Å². The van der Waals surface area contributed by atoms with Crippen LogP contribution in [-0.4, -0.2) is 27.3 Å². The molecule has 0 aromatic carbocycles. The molecule has 1 saturated heterocycles. The number of nitrogens with one attached hydrogen (secondary N) is 1. The Hall–Kier alpha value is -1.62. The van der Waals surface area contributed by atoms with Crippen LogP contribution in [0.25, 0.3) is 5.52 Å². The summed E-state index contributed by atoms with van der Waals surface area (Å²) in [6, 6.07) is 1.85. The second-order valence-corrected chi connectivity index (χ2v) is 5.41. The van der Waals surface area contributed by atoms with Crippen LogP contribution < -0.4 is 10.9 Å². The Morgan fingerprint density at radius 3 is 3.16 bits per heavy atom. The zero-order valence-electron chi connectivity index (χ0n) is 11.3. The lowest BCUT2D eigenvalue weighted by Crippen LogP contribution is -2.31. The number of hydrogen-bond donors (Lipinski definition) is 1. The van der Waals surface area contributed by atoms with Crippen LogP contribution in [-0.2, 0) is 6.54 Å². The second-order valence-electron chi connectivity index (χ2n) is 5.41. The Morgan fingerprint density at radius 1 is 1.47 bits per heavy atom. The third-order valence-electron chi connectivity index (χ3n) is 3.90. The van der Waals surface area contributed by atoms with Gasteiger partial charge in [0, 0.05) is 18.9 Å². The first-order valence-corrected chi connectivity index (χ1v) is 7.00. The summed E-state index contributed by atoms with van der Waals surface area (Å²) in [5, 5.41) is 7.68. The minimum Gasteiger partial charge on any atom is -0.316 e. The van der Waals surface area contributed by atoms with E-state index in [4.69, 9.17) is 0 Å². The zero-order chi connectivity index (χ0) is 13.2. The summed E-state index contributed by atoms with van der Waals surface area (Å²) in [6.07, 6.45) is 7.30. The summed E-state index contributed by atoms with van der Waals surface area (Å²) in [7, 11) is 0. The van der Waals surface area contributed by atoms with Crippen molar-refractivity contribution in [3.63, 3.8) is 0 Å². The first kappa shape index (κ1) is 12.4. The predicted octanol–water partition coefficient (Wildman–Crippen LogP) is 1.19. The highest BCUT2D eigenvalue weighted by Gasteiger charge is 2.13. The Balaban J connectivity index is 1.77. The van der Waals surface area contributed by atoms with Crippen LogP contribution >= 0.6 is 0 Å². The van der Waals surface area contributed by atoms with Crippen LogP contribution in [0.2, 0.25) is 0 Å². The van der Waals surface area contributed by atoms with E-state index in [1.54, 1.807) is 4.52 Å². The first-order valence-electron chi connectivity index (χ1n) is 7.00. The lowest BCUT2D eigenvalue weighted by Gasteiger charge is -2.22. The lowest BCUT2D eigenvalue weighted by atomic mass is 9.96. The molecule has 0 spiro atoms. The highest BCUT2D eigenvalue weighted by atomic mass is 16.1. The molecule has 3 heterocycles. The molecule has 19 heavy (non-hydrogen) atoms. The standard InChI is InChI=1S/C14H20N4O/c1-11-9-13-14(19)17(7-8-18(13)16-11)6-4-12-3-2-5-15-10-12/h7-9,12,15H,2-6,10H2,1H3. The third kappa shape index (κ3) is 2.56. The number of aryl methyl sites for hydroxylation is 2. The van der Waals surface area contributed by atoms with Crippen LogP contribution in [0.5, 0.6) is 0 Å². The van der Waals surface area contributed by atoms with Gasteiger partial charge in [0.05, 0.1) is 5.69 Å². The summed E-state index contributed by atoms with van der Waals surface area (Å²) in [5.41, 5.74) is 1.61. The van der Waals surface area contributed by atoms with Gasteiger partial charge in [0.25, 0.3) is 5.56 Å². The van der Waals surface area contributed by atoms with Gasteiger partial charge in [-0.15, -0.1) is 0 Å². The fourth-order valence-corrected chi connectivity index (χ4v) is 2.82. The fraction of sp³-hybridized carbons (Fsp3) is 0.571. The van der Waals surface area contributed by atoms with Crippen molar-refractivity contribution in [2.75, 3.05) is 13.1 Å². The van der Waals surface area contributed by atoms with E-state index in [2.05, 4.69) is 10.4 Å². The normalized spacial score (nSPS) is 19.9. The fourth-order valence-electron chi connectivity index (χ4n) is 2.82. The van der Waals surface area contributed by atoms with Gasteiger partial charge in [0.1, 0.15) is 5.52 Å². The molecule has 0 amide bonds. The van der Waals surface area contributed by atoms with Crippen LogP contribution in [0, 0.1) is 12.8 Å². The predicted molar refractivity (Wildman–Crippen MR) is 74.4 cm³/mol. The Morgan fingerprint density at radius 2 is 2.37 bits per heavy atom. The lowest BCUT2D eigenvalue weighted by molar-refractivity contribution is 0.340. The van der Waals surface area contributed by atoms with Gasteiger partial charge in [-0.2, -0.15) is 5.10 Å². The van der Waals surface area contributed by atoms with Crippen LogP contribution in [0.1, 0.15) is 25.0 Å². The van der Waals surface area contributed by atoms with Gasteiger partial charge in [-0.05, 0) is 51.3 Å². The summed E-state index contributed by atoms with van der Waals surface area (Å²) in [5.74, 6) is 0.698. The molecule has 1 fully saturated rings. The Kier molecular flexibility index (Phi) is 3.38. The Labute approximate surface area is 112 Å². The third-order valence-corrected chi connectivity index (χ3v) is 3.90. The topological polar surface area (TPSA) is 51.3 Å². The minimum atomic E-state index is 0.0619. The highest BCUT2D eigenvalue weighted by molar-refractivity contribution is 5.44. The molecule has 2 aromatic heterocycles. The molecule has 0 bridgehead atoms. The average molecular weight is 260 g/mol. The summed E-state index contributed by atoms with van der Waals surface area (Å²) < 4.78 is 3.47. The molecule has 5 heteroatoms. The van der Waals surface area contributed by atoms with Crippen LogP contribution in [0.15, 0.2) is 23.3 Å². The van der Waals surface area contributed by atoms with E-state index >= 15 is 0 Å². The van der Waals surface area contributed by atoms with Crippen molar-refractivity contribution in [1.82, 2.24) is 19.5 Å². The van der Waals surface area contributed by atoms with Gasteiger partial charge >= 0.3 is 0 Å². The largest absolute Gasteiger partial charge is 0.316 e.